The first kappa shape index (κ1) is 18.5. The van der Waals surface area contributed by atoms with Crippen molar-refractivity contribution in [3.05, 3.63) is 66.1 Å². The first-order valence-electron chi connectivity index (χ1n) is 7.96. The number of hydrogen-bond donors (Lipinski definition) is 1. The Morgan fingerprint density at radius 3 is 2.48 bits per heavy atom. The molecule has 0 saturated heterocycles. The number of hydrogen-bond acceptors (Lipinski definition) is 4. The van der Waals surface area contributed by atoms with Crippen LogP contribution < -0.4 is 10.1 Å². The second-order valence-corrected chi connectivity index (χ2v) is 5.64. The van der Waals surface area contributed by atoms with Gasteiger partial charge in [0.25, 0.3) is 5.91 Å². The Balaban J connectivity index is 1.80. The number of carbonyl (C=O) groups is 1. The van der Waals surface area contributed by atoms with Gasteiger partial charge in [0, 0.05) is 5.56 Å². The summed E-state index contributed by atoms with van der Waals surface area (Å²) in [5.41, 5.74) is 0.850. The minimum absolute atomic E-state index is 0.0412. The second-order valence-electron chi connectivity index (χ2n) is 5.64. The number of nitrogens with zero attached hydrogens (tertiary/aromatic N) is 1. The van der Waals surface area contributed by atoms with Crippen LogP contribution >= 0.6 is 0 Å². The van der Waals surface area contributed by atoms with Crippen LogP contribution in [0.5, 0.6) is 5.75 Å². The van der Waals surface area contributed by atoms with Crippen LogP contribution in [0.1, 0.15) is 16.2 Å². The summed E-state index contributed by atoms with van der Waals surface area (Å²) in [6, 6.07) is 14.9. The van der Waals surface area contributed by atoms with Crippen molar-refractivity contribution in [3.63, 3.8) is 0 Å². The van der Waals surface area contributed by atoms with Gasteiger partial charge >= 0.3 is 6.18 Å². The van der Waals surface area contributed by atoms with Gasteiger partial charge in [0.15, 0.2) is 12.3 Å². The van der Waals surface area contributed by atoms with Gasteiger partial charge < -0.3 is 14.5 Å². The highest BCUT2D eigenvalue weighted by Gasteiger charge is 2.29. The van der Waals surface area contributed by atoms with Crippen LogP contribution in [0, 0.1) is 6.92 Å². The molecule has 0 bridgehead atoms. The molecule has 0 aliphatic heterocycles. The largest absolute Gasteiger partial charge is 0.482 e. The zero-order valence-electron chi connectivity index (χ0n) is 14.2. The molecule has 140 valence electrons. The number of aryl methyl sites for hydroxylation is 1. The number of benzene rings is 2. The molecule has 3 aromatic rings. The number of alkyl halides is 3. The monoisotopic (exact) mass is 376 g/mol. The van der Waals surface area contributed by atoms with Gasteiger partial charge in [-0.1, -0.05) is 30.3 Å². The van der Waals surface area contributed by atoms with Crippen molar-refractivity contribution in [1.29, 1.82) is 0 Å². The van der Waals surface area contributed by atoms with Crippen molar-refractivity contribution < 1.29 is 27.1 Å². The Hall–Kier alpha value is -3.29. The second kappa shape index (κ2) is 7.53. The molecule has 2 aromatic carbocycles. The molecule has 0 atom stereocenters. The molecule has 0 unspecified atom stereocenters. The van der Waals surface area contributed by atoms with Crippen LogP contribution in [-0.2, 0) is 0 Å². The molecule has 5 nitrogen and oxygen atoms in total. The Bertz CT molecular complexity index is 937. The first-order valence-corrected chi connectivity index (χ1v) is 7.96. The van der Waals surface area contributed by atoms with Gasteiger partial charge in [-0.2, -0.15) is 13.2 Å². The maximum atomic E-state index is 12.5. The number of nitrogens with one attached hydrogen (secondary N) is 1. The standard InChI is InChI=1S/C19H15F3N2O3/c1-12-16(24-18(27-12)13-7-3-2-4-8-13)17(25)23-14-9-5-6-10-15(14)26-11-19(20,21)22/h2-10H,11H2,1H3,(H,23,25). The molecule has 0 saturated carbocycles. The molecule has 0 aliphatic carbocycles. The van der Waals surface area contributed by atoms with Crippen molar-refractivity contribution >= 4 is 11.6 Å². The third kappa shape index (κ3) is 4.66. The smallest absolute Gasteiger partial charge is 0.422 e. The van der Waals surface area contributed by atoms with Crippen LogP contribution in [-0.4, -0.2) is 23.7 Å². The Morgan fingerprint density at radius 2 is 1.78 bits per heavy atom. The lowest BCUT2D eigenvalue weighted by Crippen LogP contribution is -2.20. The number of oxazole rings is 1. The fraction of sp³-hybridized carbons (Fsp3) is 0.158. The normalized spacial score (nSPS) is 11.3. The summed E-state index contributed by atoms with van der Waals surface area (Å²) < 4.78 is 47.4. The van der Waals surface area contributed by atoms with E-state index in [1.165, 1.54) is 18.2 Å². The Morgan fingerprint density at radius 1 is 1.11 bits per heavy atom. The van der Waals surface area contributed by atoms with E-state index < -0.39 is 18.7 Å². The number of anilines is 1. The number of halogens is 3. The highest BCUT2D eigenvalue weighted by molar-refractivity contribution is 6.04. The summed E-state index contributed by atoms with van der Waals surface area (Å²) in [6.07, 6.45) is -4.48. The lowest BCUT2D eigenvalue weighted by atomic mass is 10.2. The summed E-state index contributed by atoms with van der Waals surface area (Å²) in [7, 11) is 0. The van der Waals surface area contributed by atoms with Gasteiger partial charge in [0.05, 0.1) is 5.69 Å². The van der Waals surface area contributed by atoms with E-state index in [1.807, 2.05) is 18.2 Å². The van der Waals surface area contributed by atoms with Crippen LogP contribution in [0.2, 0.25) is 0 Å². The van der Waals surface area contributed by atoms with Crippen molar-refractivity contribution in [2.45, 2.75) is 13.1 Å². The molecule has 0 radical (unpaired) electrons. The van der Waals surface area contributed by atoms with E-state index >= 15 is 0 Å². The van der Waals surface area contributed by atoms with E-state index in [0.29, 0.717) is 11.3 Å². The van der Waals surface area contributed by atoms with E-state index in [2.05, 4.69) is 10.3 Å². The number of amides is 1. The summed E-state index contributed by atoms with van der Waals surface area (Å²) in [4.78, 5) is 16.7. The molecular formula is C19H15F3N2O3. The predicted octanol–water partition coefficient (Wildman–Crippen LogP) is 4.84. The van der Waals surface area contributed by atoms with Crippen LogP contribution in [0.25, 0.3) is 11.5 Å². The summed E-state index contributed by atoms with van der Waals surface area (Å²) in [6.45, 7) is 0.126. The Kier molecular flexibility index (Phi) is 5.16. The fourth-order valence-electron chi connectivity index (χ4n) is 2.35. The summed E-state index contributed by atoms with van der Waals surface area (Å²) in [5, 5.41) is 2.51. The first-order chi connectivity index (χ1) is 12.8. The van der Waals surface area contributed by atoms with Crippen LogP contribution in [0.3, 0.4) is 0 Å². The molecule has 1 N–H and O–H groups in total. The third-order valence-corrected chi connectivity index (χ3v) is 3.56. The Labute approximate surface area is 152 Å². The molecule has 27 heavy (non-hydrogen) atoms. The zero-order valence-corrected chi connectivity index (χ0v) is 14.2. The minimum Gasteiger partial charge on any atom is -0.482 e. The topological polar surface area (TPSA) is 64.4 Å². The van der Waals surface area contributed by atoms with E-state index in [1.54, 1.807) is 25.1 Å². The molecule has 0 fully saturated rings. The van der Waals surface area contributed by atoms with Crippen LogP contribution in [0.4, 0.5) is 18.9 Å². The van der Waals surface area contributed by atoms with E-state index in [4.69, 9.17) is 9.15 Å². The quantitative estimate of drug-likeness (QED) is 0.692. The number of carbonyl (C=O) groups excluding carboxylic acids is 1. The molecule has 8 heteroatoms. The molecule has 3 rings (SSSR count). The van der Waals surface area contributed by atoms with Gasteiger partial charge in [-0.05, 0) is 31.2 Å². The maximum Gasteiger partial charge on any atom is 0.422 e. The number of para-hydroxylation sites is 2. The van der Waals surface area contributed by atoms with Gasteiger partial charge in [0.1, 0.15) is 11.5 Å². The van der Waals surface area contributed by atoms with Crippen molar-refractivity contribution in [3.8, 4) is 17.2 Å². The van der Waals surface area contributed by atoms with Gasteiger partial charge in [-0.25, -0.2) is 4.98 Å². The summed E-state index contributed by atoms with van der Waals surface area (Å²) in [5.74, 6) is -0.131. The average molecular weight is 376 g/mol. The summed E-state index contributed by atoms with van der Waals surface area (Å²) >= 11 is 0. The van der Waals surface area contributed by atoms with Gasteiger partial charge in [-0.15, -0.1) is 0 Å². The maximum absolute atomic E-state index is 12.5. The number of aromatic nitrogens is 1. The third-order valence-electron chi connectivity index (χ3n) is 3.56. The molecular weight excluding hydrogens is 361 g/mol. The van der Waals surface area contributed by atoms with Gasteiger partial charge in [-0.3, -0.25) is 4.79 Å². The van der Waals surface area contributed by atoms with Crippen LogP contribution in [0.15, 0.2) is 59.0 Å². The van der Waals surface area contributed by atoms with Crippen molar-refractivity contribution in [2.24, 2.45) is 0 Å². The lowest BCUT2D eigenvalue weighted by molar-refractivity contribution is -0.153. The van der Waals surface area contributed by atoms with Crippen molar-refractivity contribution in [2.75, 3.05) is 11.9 Å². The van der Waals surface area contributed by atoms with Crippen molar-refractivity contribution in [1.82, 2.24) is 4.98 Å². The van der Waals surface area contributed by atoms with E-state index in [-0.39, 0.29) is 23.0 Å². The average Bonchev–Trinajstić information content (AvgIpc) is 3.03. The zero-order chi connectivity index (χ0) is 19.4. The van der Waals surface area contributed by atoms with Gasteiger partial charge in [0.2, 0.25) is 5.89 Å². The number of rotatable bonds is 5. The molecule has 0 spiro atoms. The highest BCUT2D eigenvalue weighted by Crippen LogP contribution is 2.28. The number of ether oxygens (including phenoxy) is 1. The molecule has 1 amide bonds. The minimum atomic E-state index is -4.48. The van der Waals surface area contributed by atoms with E-state index in [0.717, 1.165) is 0 Å². The lowest BCUT2D eigenvalue weighted by Gasteiger charge is -2.13. The van der Waals surface area contributed by atoms with E-state index in [9.17, 15) is 18.0 Å². The molecule has 1 heterocycles. The molecule has 1 aromatic heterocycles. The predicted molar refractivity (Wildman–Crippen MR) is 92.6 cm³/mol. The fourth-order valence-corrected chi connectivity index (χ4v) is 2.35. The molecule has 0 aliphatic rings. The SMILES string of the molecule is Cc1oc(-c2ccccc2)nc1C(=O)Nc1ccccc1OCC(F)(F)F. The highest BCUT2D eigenvalue weighted by atomic mass is 19.4.